The summed E-state index contributed by atoms with van der Waals surface area (Å²) in [5.74, 6) is 0.871. The van der Waals surface area contributed by atoms with Crippen molar-refractivity contribution in [3.8, 4) is 0 Å². The van der Waals surface area contributed by atoms with Crippen LogP contribution in [0.2, 0.25) is 0 Å². The third-order valence-corrected chi connectivity index (χ3v) is 4.48. The van der Waals surface area contributed by atoms with Gasteiger partial charge in [-0.1, -0.05) is 27.2 Å². The summed E-state index contributed by atoms with van der Waals surface area (Å²) < 4.78 is 0. The van der Waals surface area contributed by atoms with E-state index in [2.05, 4.69) is 43.2 Å². The first-order valence-electron chi connectivity index (χ1n) is 7.64. The molecule has 1 saturated carbocycles. The Kier molecular flexibility index (Phi) is 4.49. The first-order valence-corrected chi connectivity index (χ1v) is 7.64. The molecule has 0 bridgehead atoms. The minimum Gasteiger partial charge on any atom is -0.381 e. The molecule has 1 aliphatic carbocycles. The zero-order chi connectivity index (χ0) is 13.9. The third-order valence-electron chi connectivity index (χ3n) is 4.48. The topological polar surface area (TPSA) is 24.9 Å². The molecule has 0 radical (unpaired) electrons. The molecule has 1 aromatic heterocycles. The molecule has 0 spiro atoms. The van der Waals surface area contributed by atoms with Crippen molar-refractivity contribution in [3.63, 3.8) is 0 Å². The second-order valence-electron chi connectivity index (χ2n) is 7.10. The number of hydrogen-bond donors (Lipinski definition) is 1. The van der Waals surface area contributed by atoms with Crippen LogP contribution in [0.15, 0.2) is 18.3 Å². The van der Waals surface area contributed by atoms with Gasteiger partial charge in [-0.05, 0) is 56.1 Å². The Morgan fingerprint density at radius 3 is 2.53 bits per heavy atom. The quantitative estimate of drug-likeness (QED) is 0.773. The van der Waals surface area contributed by atoms with Crippen molar-refractivity contribution in [2.45, 2.75) is 65.8 Å². The van der Waals surface area contributed by atoms with Crippen LogP contribution < -0.4 is 5.32 Å². The van der Waals surface area contributed by atoms with Crippen LogP contribution in [-0.2, 0) is 0 Å². The predicted molar refractivity (Wildman–Crippen MR) is 82.4 cm³/mol. The number of rotatable bonds is 2. The van der Waals surface area contributed by atoms with E-state index < -0.39 is 0 Å². The van der Waals surface area contributed by atoms with Gasteiger partial charge in [-0.3, -0.25) is 4.98 Å². The highest BCUT2D eigenvalue weighted by Gasteiger charge is 2.27. The van der Waals surface area contributed by atoms with Gasteiger partial charge in [0.25, 0.3) is 0 Å². The van der Waals surface area contributed by atoms with Crippen LogP contribution in [0, 0.1) is 18.3 Å². The molecule has 1 aliphatic rings. The van der Waals surface area contributed by atoms with Crippen LogP contribution in [0.4, 0.5) is 5.69 Å². The van der Waals surface area contributed by atoms with E-state index in [-0.39, 0.29) is 0 Å². The zero-order valence-corrected chi connectivity index (χ0v) is 12.9. The van der Waals surface area contributed by atoms with E-state index in [1.807, 2.05) is 13.1 Å². The van der Waals surface area contributed by atoms with Crippen molar-refractivity contribution in [2.75, 3.05) is 5.32 Å². The fourth-order valence-electron chi connectivity index (χ4n) is 3.10. The highest BCUT2D eigenvalue weighted by atomic mass is 14.9. The van der Waals surface area contributed by atoms with E-state index in [1.54, 1.807) is 0 Å². The molecule has 2 atom stereocenters. The largest absolute Gasteiger partial charge is 0.381 e. The van der Waals surface area contributed by atoms with E-state index in [9.17, 15) is 0 Å². The standard InChI is InChI=1S/C17H28N2/c1-13-8-10-16(12-18-13)19-15-7-5-6-14(9-11-15)17(2,3)4/h8,10,12,14-15,19H,5-7,9,11H2,1-4H3. The molecule has 2 nitrogen and oxygen atoms in total. The molecule has 2 rings (SSSR count). The second kappa shape index (κ2) is 5.94. The summed E-state index contributed by atoms with van der Waals surface area (Å²) >= 11 is 0. The molecule has 106 valence electrons. The monoisotopic (exact) mass is 260 g/mol. The molecule has 1 N–H and O–H groups in total. The molecule has 0 aromatic carbocycles. The maximum atomic E-state index is 4.36. The van der Waals surface area contributed by atoms with E-state index in [1.165, 1.54) is 37.8 Å². The number of pyridine rings is 1. The van der Waals surface area contributed by atoms with Crippen LogP contribution in [0.3, 0.4) is 0 Å². The van der Waals surface area contributed by atoms with E-state index in [4.69, 9.17) is 0 Å². The first kappa shape index (κ1) is 14.4. The van der Waals surface area contributed by atoms with Crippen LogP contribution in [0.1, 0.15) is 58.6 Å². The Hall–Kier alpha value is -1.05. The lowest BCUT2D eigenvalue weighted by atomic mass is 9.76. The van der Waals surface area contributed by atoms with Crippen LogP contribution in [-0.4, -0.2) is 11.0 Å². The van der Waals surface area contributed by atoms with Gasteiger partial charge in [0.15, 0.2) is 0 Å². The predicted octanol–water partition coefficient (Wildman–Crippen LogP) is 4.80. The minimum absolute atomic E-state index is 0.459. The van der Waals surface area contributed by atoms with Crippen molar-refractivity contribution >= 4 is 5.69 Å². The molecule has 2 unspecified atom stereocenters. The summed E-state index contributed by atoms with van der Waals surface area (Å²) in [5, 5.41) is 3.66. The average Bonchev–Trinajstić information content (AvgIpc) is 2.57. The normalized spacial score (nSPS) is 24.8. The Morgan fingerprint density at radius 2 is 1.89 bits per heavy atom. The van der Waals surface area contributed by atoms with E-state index in [0.717, 1.165) is 11.6 Å². The summed E-state index contributed by atoms with van der Waals surface area (Å²) in [5.41, 5.74) is 2.71. The molecule has 2 heteroatoms. The van der Waals surface area contributed by atoms with Gasteiger partial charge in [-0.25, -0.2) is 0 Å². The Bertz CT molecular complexity index is 389. The summed E-state index contributed by atoms with van der Waals surface area (Å²) in [6.07, 6.45) is 8.62. The first-order chi connectivity index (χ1) is 8.95. The van der Waals surface area contributed by atoms with E-state index in [0.29, 0.717) is 11.5 Å². The Balaban J connectivity index is 1.91. The van der Waals surface area contributed by atoms with Crippen LogP contribution in [0.25, 0.3) is 0 Å². The number of aryl methyl sites for hydroxylation is 1. The number of nitrogens with zero attached hydrogens (tertiary/aromatic N) is 1. The Morgan fingerprint density at radius 1 is 1.11 bits per heavy atom. The molecule has 1 aromatic rings. The van der Waals surface area contributed by atoms with Gasteiger partial charge in [-0.15, -0.1) is 0 Å². The van der Waals surface area contributed by atoms with Gasteiger partial charge < -0.3 is 5.32 Å². The molecule has 1 heterocycles. The maximum absolute atomic E-state index is 4.36. The van der Waals surface area contributed by atoms with Gasteiger partial charge >= 0.3 is 0 Å². The highest BCUT2D eigenvalue weighted by Crippen LogP contribution is 2.37. The fraction of sp³-hybridized carbons (Fsp3) is 0.706. The summed E-state index contributed by atoms with van der Waals surface area (Å²) in [7, 11) is 0. The molecule has 0 saturated heterocycles. The van der Waals surface area contributed by atoms with Gasteiger partial charge in [-0.2, -0.15) is 0 Å². The van der Waals surface area contributed by atoms with Crippen molar-refractivity contribution in [3.05, 3.63) is 24.0 Å². The van der Waals surface area contributed by atoms with Crippen molar-refractivity contribution in [1.82, 2.24) is 4.98 Å². The summed E-state index contributed by atoms with van der Waals surface area (Å²) in [6.45, 7) is 9.18. The van der Waals surface area contributed by atoms with Gasteiger partial charge in [0.05, 0.1) is 11.9 Å². The maximum Gasteiger partial charge on any atom is 0.0529 e. The average molecular weight is 260 g/mol. The SMILES string of the molecule is Cc1ccc(NC2CCCC(C(C)(C)C)CC2)cn1. The second-order valence-corrected chi connectivity index (χ2v) is 7.10. The van der Waals surface area contributed by atoms with Crippen LogP contribution >= 0.6 is 0 Å². The zero-order valence-electron chi connectivity index (χ0n) is 12.9. The smallest absolute Gasteiger partial charge is 0.0529 e. The number of hydrogen-bond acceptors (Lipinski definition) is 2. The van der Waals surface area contributed by atoms with Crippen molar-refractivity contribution in [1.29, 1.82) is 0 Å². The number of anilines is 1. The number of nitrogens with one attached hydrogen (secondary N) is 1. The van der Waals surface area contributed by atoms with E-state index >= 15 is 0 Å². The summed E-state index contributed by atoms with van der Waals surface area (Å²) in [4.78, 5) is 4.36. The van der Waals surface area contributed by atoms with Crippen molar-refractivity contribution in [2.24, 2.45) is 11.3 Å². The summed E-state index contributed by atoms with van der Waals surface area (Å²) in [6, 6.07) is 4.85. The van der Waals surface area contributed by atoms with Gasteiger partial charge in [0.1, 0.15) is 0 Å². The lowest BCUT2D eigenvalue weighted by Gasteiger charge is -2.29. The van der Waals surface area contributed by atoms with Gasteiger partial charge in [0.2, 0.25) is 0 Å². The molecule has 1 fully saturated rings. The lowest BCUT2D eigenvalue weighted by molar-refractivity contribution is 0.214. The highest BCUT2D eigenvalue weighted by molar-refractivity contribution is 5.41. The van der Waals surface area contributed by atoms with Crippen LogP contribution in [0.5, 0.6) is 0 Å². The molecular formula is C17H28N2. The minimum atomic E-state index is 0.459. The molecular weight excluding hydrogens is 232 g/mol. The molecule has 19 heavy (non-hydrogen) atoms. The number of aromatic nitrogens is 1. The Labute approximate surface area is 118 Å². The third kappa shape index (κ3) is 4.22. The molecule has 0 aliphatic heterocycles. The molecule has 0 amide bonds. The van der Waals surface area contributed by atoms with Gasteiger partial charge in [0, 0.05) is 11.7 Å². The van der Waals surface area contributed by atoms with Crippen molar-refractivity contribution < 1.29 is 0 Å². The lowest BCUT2D eigenvalue weighted by Crippen LogP contribution is -2.21. The fourth-order valence-corrected chi connectivity index (χ4v) is 3.10.